The fraction of sp³-hybridized carbons (Fsp3) is 0.600. The summed E-state index contributed by atoms with van der Waals surface area (Å²) in [6.07, 6.45) is 2.08. The molecule has 1 N–H and O–H groups in total. The van der Waals surface area contributed by atoms with Gasteiger partial charge < -0.3 is 14.8 Å². The Hall–Kier alpha value is -1.22. The lowest BCUT2D eigenvalue weighted by Crippen LogP contribution is -2.28. The summed E-state index contributed by atoms with van der Waals surface area (Å²) in [7, 11) is 0. The normalized spacial score (nSPS) is 17.9. The van der Waals surface area contributed by atoms with Crippen LogP contribution in [0.4, 0.5) is 0 Å². The van der Waals surface area contributed by atoms with Gasteiger partial charge in [-0.15, -0.1) is 0 Å². The Morgan fingerprint density at radius 2 is 1.89 bits per heavy atom. The highest BCUT2D eigenvalue weighted by molar-refractivity contribution is 5.44. The van der Waals surface area contributed by atoms with Gasteiger partial charge in [-0.3, -0.25) is 0 Å². The highest BCUT2D eigenvalue weighted by Gasteiger charge is 2.14. The quantitative estimate of drug-likeness (QED) is 0.888. The summed E-state index contributed by atoms with van der Waals surface area (Å²) in [6.45, 7) is 8.07. The number of ether oxygens (including phenoxy) is 2. The van der Waals surface area contributed by atoms with E-state index >= 15 is 0 Å². The van der Waals surface area contributed by atoms with Crippen molar-refractivity contribution >= 4 is 0 Å². The zero-order valence-corrected chi connectivity index (χ0v) is 11.5. The van der Waals surface area contributed by atoms with Gasteiger partial charge in [-0.25, -0.2) is 0 Å². The van der Waals surface area contributed by atoms with Gasteiger partial charge in [0, 0.05) is 18.5 Å². The van der Waals surface area contributed by atoms with Crippen LogP contribution in [0.15, 0.2) is 18.2 Å². The van der Waals surface area contributed by atoms with Gasteiger partial charge in [0.15, 0.2) is 11.5 Å². The summed E-state index contributed by atoms with van der Waals surface area (Å²) in [4.78, 5) is 0. The molecule has 2 rings (SSSR count). The van der Waals surface area contributed by atoms with Crippen molar-refractivity contribution in [2.45, 2.75) is 45.7 Å². The van der Waals surface area contributed by atoms with Crippen molar-refractivity contribution in [3.8, 4) is 11.5 Å². The zero-order chi connectivity index (χ0) is 13.0. The second-order valence-electron chi connectivity index (χ2n) is 4.95. The van der Waals surface area contributed by atoms with Crippen molar-refractivity contribution in [3.63, 3.8) is 0 Å². The second-order valence-corrected chi connectivity index (χ2v) is 4.95. The lowest BCUT2D eigenvalue weighted by molar-refractivity contribution is 0.297. The molecule has 0 fully saturated rings. The molecule has 1 aliphatic heterocycles. The molecule has 3 nitrogen and oxygen atoms in total. The van der Waals surface area contributed by atoms with Gasteiger partial charge in [-0.05, 0) is 38.0 Å². The lowest BCUT2D eigenvalue weighted by Gasteiger charge is -2.20. The Balaban J connectivity index is 2.12. The minimum Gasteiger partial charge on any atom is -0.490 e. The average Bonchev–Trinajstić information content (AvgIpc) is 2.62. The third-order valence-electron chi connectivity index (χ3n) is 3.42. The molecule has 1 aromatic carbocycles. The largest absolute Gasteiger partial charge is 0.490 e. The molecule has 0 radical (unpaired) electrons. The molecule has 0 saturated carbocycles. The zero-order valence-electron chi connectivity index (χ0n) is 11.5. The van der Waals surface area contributed by atoms with E-state index in [1.165, 1.54) is 5.56 Å². The molecule has 1 aromatic rings. The Morgan fingerprint density at radius 1 is 1.17 bits per heavy atom. The maximum atomic E-state index is 5.72. The minimum atomic E-state index is 0.331. The Morgan fingerprint density at radius 3 is 2.61 bits per heavy atom. The standard InChI is InChI=1S/C15H23NO2/c1-4-11(2)16-12(3)13-6-7-14-15(10-13)18-9-5-8-17-14/h6-7,10-12,16H,4-5,8-9H2,1-3H3. The molecule has 0 amide bonds. The SMILES string of the molecule is CCC(C)NC(C)c1ccc2c(c1)OCCCO2. The van der Waals surface area contributed by atoms with Crippen LogP contribution in [0.25, 0.3) is 0 Å². The van der Waals surface area contributed by atoms with Crippen LogP contribution in [0.1, 0.15) is 45.2 Å². The van der Waals surface area contributed by atoms with Crippen molar-refractivity contribution in [1.82, 2.24) is 5.32 Å². The van der Waals surface area contributed by atoms with E-state index in [1.807, 2.05) is 6.07 Å². The molecule has 2 unspecified atom stereocenters. The number of fused-ring (bicyclic) bond motifs is 1. The molecule has 2 atom stereocenters. The molecular formula is C15H23NO2. The first kappa shape index (κ1) is 13.2. The van der Waals surface area contributed by atoms with Gasteiger partial charge in [0.1, 0.15) is 0 Å². The Bertz CT molecular complexity index is 392. The fourth-order valence-electron chi connectivity index (χ4n) is 2.09. The molecule has 0 aliphatic carbocycles. The van der Waals surface area contributed by atoms with Crippen molar-refractivity contribution in [3.05, 3.63) is 23.8 Å². The van der Waals surface area contributed by atoms with Gasteiger partial charge in [-0.1, -0.05) is 13.0 Å². The van der Waals surface area contributed by atoms with Crippen LogP contribution in [-0.4, -0.2) is 19.3 Å². The summed E-state index contributed by atoms with van der Waals surface area (Å²) in [5.41, 5.74) is 1.25. The first-order valence-electron chi connectivity index (χ1n) is 6.86. The number of benzene rings is 1. The Labute approximate surface area is 109 Å². The topological polar surface area (TPSA) is 30.5 Å². The fourth-order valence-corrected chi connectivity index (χ4v) is 2.09. The lowest BCUT2D eigenvalue weighted by atomic mass is 10.1. The smallest absolute Gasteiger partial charge is 0.161 e. The predicted octanol–water partition coefficient (Wildman–Crippen LogP) is 3.30. The molecule has 0 spiro atoms. The van der Waals surface area contributed by atoms with Crippen LogP contribution < -0.4 is 14.8 Å². The van der Waals surface area contributed by atoms with Gasteiger partial charge >= 0.3 is 0 Å². The van der Waals surface area contributed by atoms with Crippen molar-refractivity contribution in [2.24, 2.45) is 0 Å². The van der Waals surface area contributed by atoms with Gasteiger partial charge in [0.25, 0.3) is 0 Å². The summed E-state index contributed by atoms with van der Waals surface area (Å²) in [5.74, 6) is 1.75. The van der Waals surface area contributed by atoms with E-state index in [2.05, 4.69) is 38.2 Å². The molecule has 100 valence electrons. The molecule has 1 heterocycles. The maximum Gasteiger partial charge on any atom is 0.161 e. The van der Waals surface area contributed by atoms with E-state index in [4.69, 9.17) is 9.47 Å². The van der Waals surface area contributed by atoms with Crippen LogP contribution in [0.3, 0.4) is 0 Å². The predicted molar refractivity (Wildman–Crippen MR) is 73.4 cm³/mol. The minimum absolute atomic E-state index is 0.331. The molecule has 0 saturated heterocycles. The summed E-state index contributed by atoms with van der Waals surface area (Å²) in [6, 6.07) is 7.09. The first-order valence-corrected chi connectivity index (χ1v) is 6.86. The summed E-state index contributed by atoms with van der Waals surface area (Å²) < 4.78 is 11.4. The maximum absolute atomic E-state index is 5.72. The monoisotopic (exact) mass is 249 g/mol. The highest BCUT2D eigenvalue weighted by atomic mass is 16.5. The molecule has 18 heavy (non-hydrogen) atoms. The van der Waals surface area contributed by atoms with Crippen LogP contribution in [0.5, 0.6) is 11.5 Å². The first-order chi connectivity index (χ1) is 8.70. The van der Waals surface area contributed by atoms with Crippen LogP contribution in [0, 0.1) is 0 Å². The van der Waals surface area contributed by atoms with E-state index in [0.717, 1.165) is 37.6 Å². The summed E-state index contributed by atoms with van der Waals surface area (Å²) >= 11 is 0. The van der Waals surface area contributed by atoms with E-state index in [-0.39, 0.29) is 0 Å². The van der Waals surface area contributed by atoms with Gasteiger partial charge in [0.05, 0.1) is 13.2 Å². The van der Waals surface area contributed by atoms with Crippen LogP contribution >= 0.6 is 0 Å². The third kappa shape index (κ3) is 3.16. The molecule has 3 heteroatoms. The van der Waals surface area contributed by atoms with Crippen molar-refractivity contribution in [1.29, 1.82) is 0 Å². The summed E-state index contributed by atoms with van der Waals surface area (Å²) in [5, 5.41) is 3.57. The van der Waals surface area contributed by atoms with E-state index in [0.29, 0.717) is 12.1 Å². The van der Waals surface area contributed by atoms with E-state index in [1.54, 1.807) is 0 Å². The third-order valence-corrected chi connectivity index (χ3v) is 3.42. The van der Waals surface area contributed by atoms with Gasteiger partial charge in [0.2, 0.25) is 0 Å². The molecule has 0 bridgehead atoms. The average molecular weight is 249 g/mol. The van der Waals surface area contributed by atoms with E-state index in [9.17, 15) is 0 Å². The van der Waals surface area contributed by atoms with Crippen LogP contribution in [0.2, 0.25) is 0 Å². The van der Waals surface area contributed by atoms with Crippen LogP contribution in [-0.2, 0) is 0 Å². The Kier molecular flexibility index (Phi) is 4.48. The van der Waals surface area contributed by atoms with Crippen molar-refractivity contribution < 1.29 is 9.47 Å². The molecular weight excluding hydrogens is 226 g/mol. The number of hydrogen-bond donors (Lipinski definition) is 1. The molecule has 1 aliphatic rings. The number of rotatable bonds is 4. The van der Waals surface area contributed by atoms with Crippen molar-refractivity contribution in [2.75, 3.05) is 13.2 Å². The number of nitrogens with one attached hydrogen (secondary N) is 1. The molecule has 0 aromatic heterocycles. The highest BCUT2D eigenvalue weighted by Crippen LogP contribution is 2.32. The van der Waals surface area contributed by atoms with E-state index < -0.39 is 0 Å². The number of hydrogen-bond acceptors (Lipinski definition) is 3. The van der Waals surface area contributed by atoms with Gasteiger partial charge in [-0.2, -0.15) is 0 Å². The second kappa shape index (κ2) is 6.10.